The van der Waals surface area contributed by atoms with Crippen molar-refractivity contribution in [2.24, 2.45) is 0 Å². The van der Waals surface area contributed by atoms with Crippen molar-refractivity contribution >= 4 is 21.7 Å². The maximum atomic E-state index is 4.59. The quantitative estimate of drug-likeness (QED) is 0.743. The Labute approximate surface area is 119 Å². The van der Waals surface area contributed by atoms with Gasteiger partial charge in [0.05, 0.1) is 0 Å². The summed E-state index contributed by atoms with van der Waals surface area (Å²) in [7, 11) is 0. The molecule has 1 N–H and O–H groups in total. The molecule has 0 spiro atoms. The van der Waals surface area contributed by atoms with Crippen LogP contribution in [0.3, 0.4) is 0 Å². The molecule has 1 heterocycles. The van der Waals surface area contributed by atoms with Crippen LogP contribution >= 0.6 is 15.9 Å². The number of nitrogens with one attached hydrogen (secondary N) is 1. The predicted octanol–water partition coefficient (Wildman–Crippen LogP) is 3.58. The lowest BCUT2D eigenvalue weighted by molar-refractivity contribution is 0.668. The Bertz CT molecular complexity index is 355. The summed E-state index contributed by atoms with van der Waals surface area (Å²) in [5.41, 5.74) is 1.27. The average Bonchev–Trinajstić information content (AvgIpc) is 2.37. The molecule has 0 saturated carbocycles. The number of anilines is 1. The topological polar surface area (TPSA) is 28.2 Å². The van der Waals surface area contributed by atoms with Gasteiger partial charge in [0.25, 0.3) is 0 Å². The van der Waals surface area contributed by atoms with Gasteiger partial charge < -0.3 is 10.2 Å². The van der Waals surface area contributed by atoms with Crippen molar-refractivity contribution in [3.8, 4) is 0 Å². The van der Waals surface area contributed by atoms with Crippen molar-refractivity contribution in [3.63, 3.8) is 0 Å². The first-order valence-corrected chi connectivity index (χ1v) is 7.62. The number of hydrogen-bond acceptors (Lipinski definition) is 3. The Morgan fingerprint density at radius 1 is 1.28 bits per heavy atom. The number of rotatable bonds is 8. The third-order valence-electron chi connectivity index (χ3n) is 2.83. The fraction of sp³-hybridized carbons (Fsp3) is 0.643. The van der Waals surface area contributed by atoms with Crippen LogP contribution < -0.4 is 10.2 Å². The Kier molecular flexibility index (Phi) is 7.28. The molecule has 4 heteroatoms. The molecule has 0 atom stereocenters. The van der Waals surface area contributed by atoms with Gasteiger partial charge in [0.1, 0.15) is 5.82 Å². The standard InChI is InChI=1S/C14H24BrN3/c1-4-7-16-10-12-9-13(15)11-17-14(12)18(6-3)8-5-2/h9,11,16H,4-8,10H2,1-3H3. The molecule has 102 valence electrons. The van der Waals surface area contributed by atoms with Gasteiger partial charge in [-0.3, -0.25) is 0 Å². The molecule has 1 rings (SSSR count). The van der Waals surface area contributed by atoms with E-state index in [4.69, 9.17) is 0 Å². The molecule has 0 aromatic carbocycles. The van der Waals surface area contributed by atoms with E-state index in [1.807, 2.05) is 6.20 Å². The number of hydrogen-bond donors (Lipinski definition) is 1. The maximum absolute atomic E-state index is 4.59. The summed E-state index contributed by atoms with van der Waals surface area (Å²) in [5.74, 6) is 1.12. The van der Waals surface area contributed by atoms with E-state index >= 15 is 0 Å². The smallest absolute Gasteiger partial charge is 0.133 e. The molecule has 0 aliphatic carbocycles. The number of halogens is 1. The molecule has 0 amide bonds. The van der Waals surface area contributed by atoms with Crippen molar-refractivity contribution in [2.45, 2.75) is 40.2 Å². The zero-order valence-corrected chi connectivity index (χ0v) is 13.3. The highest BCUT2D eigenvalue weighted by Gasteiger charge is 2.11. The van der Waals surface area contributed by atoms with Crippen LogP contribution in [0.1, 0.15) is 39.2 Å². The molecule has 0 bridgehead atoms. The molecule has 3 nitrogen and oxygen atoms in total. The van der Waals surface area contributed by atoms with Crippen molar-refractivity contribution < 1.29 is 0 Å². The van der Waals surface area contributed by atoms with Crippen LogP contribution in [0, 0.1) is 0 Å². The molecule has 0 radical (unpaired) electrons. The lowest BCUT2D eigenvalue weighted by atomic mass is 10.2. The van der Waals surface area contributed by atoms with E-state index in [0.29, 0.717) is 0 Å². The van der Waals surface area contributed by atoms with Gasteiger partial charge in [0, 0.05) is 35.9 Å². The molecule has 1 aromatic heterocycles. The summed E-state index contributed by atoms with van der Waals surface area (Å²) >= 11 is 3.51. The highest BCUT2D eigenvalue weighted by Crippen LogP contribution is 2.21. The van der Waals surface area contributed by atoms with E-state index in [0.717, 1.165) is 49.3 Å². The minimum Gasteiger partial charge on any atom is -0.357 e. The monoisotopic (exact) mass is 313 g/mol. The fourth-order valence-electron chi connectivity index (χ4n) is 1.97. The summed E-state index contributed by atoms with van der Waals surface area (Å²) < 4.78 is 1.05. The Morgan fingerprint density at radius 2 is 2.06 bits per heavy atom. The number of pyridine rings is 1. The molecule has 0 aliphatic rings. The molecule has 0 unspecified atom stereocenters. The fourth-order valence-corrected chi connectivity index (χ4v) is 2.35. The molecular weight excluding hydrogens is 290 g/mol. The van der Waals surface area contributed by atoms with E-state index in [9.17, 15) is 0 Å². The first kappa shape index (κ1) is 15.4. The van der Waals surface area contributed by atoms with Gasteiger partial charge in [-0.15, -0.1) is 0 Å². The Hall–Kier alpha value is -0.610. The van der Waals surface area contributed by atoms with Crippen LogP contribution in [0.5, 0.6) is 0 Å². The third-order valence-corrected chi connectivity index (χ3v) is 3.26. The molecule has 18 heavy (non-hydrogen) atoms. The second-order valence-corrected chi connectivity index (χ2v) is 5.31. The first-order valence-electron chi connectivity index (χ1n) is 6.82. The van der Waals surface area contributed by atoms with Crippen LogP contribution in [-0.4, -0.2) is 24.6 Å². The zero-order chi connectivity index (χ0) is 13.4. The SMILES string of the molecule is CCCNCc1cc(Br)cnc1N(CC)CCC. The van der Waals surface area contributed by atoms with Crippen LogP contribution in [0.2, 0.25) is 0 Å². The van der Waals surface area contributed by atoms with E-state index in [2.05, 4.69) is 58.0 Å². The van der Waals surface area contributed by atoms with Gasteiger partial charge >= 0.3 is 0 Å². The van der Waals surface area contributed by atoms with E-state index in [1.54, 1.807) is 0 Å². The molecule has 0 aliphatic heterocycles. The Morgan fingerprint density at radius 3 is 2.67 bits per heavy atom. The van der Waals surface area contributed by atoms with Crippen LogP contribution in [-0.2, 0) is 6.54 Å². The second-order valence-electron chi connectivity index (χ2n) is 4.39. The van der Waals surface area contributed by atoms with Crippen molar-refractivity contribution in [2.75, 3.05) is 24.5 Å². The second kappa shape index (κ2) is 8.48. The summed E-state index contributed by atoms with van der Waals surface area (Å²) in [4.78, 5) is 6.93. The first-order chi connectivity index (χ1) is 8.72. The molecular formula is C14H24BrN3. The lowest BCUT2D eigenvalue weighted by Crippen LogP contribution is -2.27. The van der Waals surface area contributed by atoms with Crippen molar-refractivity contribution in [3.05, 3.63) is 22.3 Å². The lowest BCUT2D eigenvalue weighted by Gasteiger charge is -2.24. The summed E-state index contributed by atoms with van der Waals surface area (Å²) in [6, 6.07) is 2.17. The summed E-state index contributed by atoms with van der Waals surface area (Å²) in [6.45, 7) is 10.6. The van der Waals surface area contributed by atoms with Gasteiger partial charge in [0.15, 0.2) is 0 Å². The van der Waals surface area contributed by atoms with E-state index in [1.165, 1.54) is 5.56 Å². The summed E-state index contributed by atoms with van der Waals surface area (Å²) in [6.07, 6.45) is 4.19. The van der Waals surface area contributed by atoms with Gasteiger partial charge in [0.2, 0.25) is 0 Å². The zero-order valence-electron chi connectivity index (χ0n) is 11.7. The van der Waals surface area contributed by atoms with E-state index < -0.39 is 0 Å². The van der Waals surface area contributed by atoms with Crippen LogP contribution in [0.15, 0.2) is 16.7 Å². The minimum absolute atomic E-state index is 0.885. The van der Waals surface area contributed by atoms with Crippen molar-refractivity contribution in [1.82, 2.24) is 10.3 Å². The highest BCUT2D eigenvalue weighted by atomic mass is 79.9. The van der Waals surface area contributed by atoms with Gasteiger partial charge in [-0.05, 0) is 48.3 Å². The number of aromatic nitrogens is 1. The Balaban J connectivity index is 2.86. The van der Waals surface area contributed by atoms with Crippen LogP contribution in [0.4, 0.5) is 5.82 Å². The normalized spacial score (nSPS) is 10.7. The molecule has 1 aromatic rings. The van der Waals surface area contributed by atoms with Gasteiger partial charge in [-0.2, -0.15) is 0 Å². The van der Waals surface area contributed by atoms with Crippen molar-refractivity contribution in [1.29, 1.82) is 0 Å². The summed E-state index contributed by atoms with van der Waals surface area (Å²) in [5, 5.41) is 3.45. The highest BCUT2D eigenvalue weighted by molar-refractivity contribution is 9.10. The maximum Gasteiger partial charge on any atom is 0.133 e. The average molecular weight is 314 g/mol. The van der Waals surface area contributed by atoms with E-state index in [-0.39, 0.29) is 0 Å². The molecule has 0 fully saturated rings. The predicted molar refractivity (Wildman–Crippen MR) is 82.1 cm³/mol. The van der Waals surface area contributed by atoms with Gasteiger partial charge in [-0.25, -0.2) is 4.98 Å². The number of nitrogens with zero attached hydrogens (tertiary/aromatic N) is 2. The molecule has 0 saturated heterocycles. The third kappa shape index (κ3) is 4.58. The minimum atomic E-state index is 0.885. The largest absolute Gasteiger partial charge is 0.357 e. The van der Waals surface area contributed by atoms with Crippen LogP contribution in [0.25, 0.3) is 0 Å². The van der Waals surface area contributed by atoms with Gasteiger partial charge in [-0.1, -0.05) is 13.8 Å².